The van der Waals surface area contributed by atoms with Gasteiger partial charge >= 0.3 is 0 Å². The molecule has 0 fully saturated rings. The summed E-state index contributed by atoms with van der Waals surface area (Å²) in [6.45, 7) is 4.72. The van der Waals surface area contributed by atoms with E-state index in [-0.39, 0.29) is 0 Å². The van der Waals surface area contributed by atoms with Crippen molar-refractivity contribution in [3.05, 3.63) is 12.2 Å². The molecule has 0 aliphatic rings. The molecule has 66 valence electrons. The number of hydrogen-bond acceptors (Lipinski definition) is 2. The zero-order valence-electron chi connectivity index (χ0n) is 6.92. The molecule has 1 unspecified atom stereocenters. The average molecular weight is 180 g/mol. The van der Waals surface area contributed by atoms with Crippen molar-refractivity contribution in [1.82, 2.24) is 0 Å². The van der Waals surface area contributed by atoms with E-state index in [9.17, 15) is 4.20 Å². The average Bonchev–Trinajstić information content (AvgIpc) is 1.96. The van der Waals surface area contributed by atoms with Crippen molar-refractivity contribution in [2.75, 3.05) is 26.5 Å². The number of allylic oxidation sites excluding steroid dienone is 1. The Morgan fingerprint density at radius 2 is 2.18 bits per heavy atom. The third kappa shape index (κ3) is 10.0. The van der Waals surface area contributed by atoms with E-state index in [2.05, 4.69) is 4.52 Å². The van der Waals surface area contributed by atoms with Crippen LogP contribution in [0.4, 0.5) is 4.20 Å². The van der Waals surface area contributed by atoms with Crippen LogP contribution in [0.15, 0.2) is 12.2 Å². The summed E-state index contributed by atoms with van der Waals surface area (Å²) < 4.78 is 21.8. The maximum atomic E-state index is 12.0. The summed E-state index contributed by atoms with van der Waals surface area (Å²) in [4.78, 5) is 0. The monoisotopic (exact) mass is 180 g/mol. The van der Waals surface area contributed by atoms with Gasteiger partial charge in [-0.3, -0.25) is 0 Å². The second kappa shape index (κ2) is 8.12. The summed E-state index contributed by atoms with van der Waals surface area (Å²) in [6, 6.07) is 0. The smallest absolute Gasteiger partial charge is 0.216 e. The molecule has 0 radical (unpaired) electrons. The highest BCUT2D eigenvalue weighted by molar-refractivity contribution is 7.45. The molecule has 0 rings (SSSR count). The van der Waals surface area contributed by atoms with Gasteiger partial charge in [-0.05, 0) is 6.92 Å². The van der Waals surface area contributed by atoms with Crippen molar-refractivity contribution >= 4 is 8.46 Å². The van der Waals surface area contributed by atoms with Crippen molar-refractivity contribution in [2.45, 2.75) is 6.92 Å². The minimum Gasteiger partial charge on any atom is -0.375 e. The van der Waals surface area contributed by atoms with Crippen molar-refractivity contribution in [3.63, 3.8) is 0 Å². The highest BCUT2D eigenvalue weighted by Gasteiger charge is 1.95. The fourth-order valence-electron chi connectivity index (χ4n) is 0.470. The molecule has 0 spiro atoms. The molecule has 0 N–H and O–H groups in total. The second-order valence-electron chi connectivity index (χ2n) is 1.90. The molecule has 0 aliphatic heterocycles. The van der Waals surface area contributed by atoms with Crippen molar-refractivity contribution in [2.24, 2.45) is 0 Å². The lowest BCUT2D eigenvalue weighted by Crippen LogP contribution is -2.00. The Labute approximate surface area is 68.3 Å². The minimum atomic E-state index is -1.72. The molecule has 2 nitrogen and oxygen atoms in total. The standard InChI is InChI=1S/C7H14FO2P/c1-3-4-5-9-6-7-10-11(2)8/h3-4H,5-7H2,1-2H3/b4-3+. The van der Waals surface area contributed by atoms with Crippen LogP contribution in [0, 0.1) is 0 Å². The van der Waals surface area contributed by atoms with E-state index in [0.29, 0.717) is 19.8 Å². The van der Waals surface area contributed by atoms with Crippen LogP contribution in [0.25, 0.3) is 0 Å². The molecule has 11 heavy (non-hydrogen) atoms. The van der Waals surface area contributed by atoms with E-state index >= 15 is 0 Å². The first-order valence-electron chi connectivity index (χ1n) is 3.48. The van der Waals surface area contributed by atoms with Gasteiger partial charge in [-0.2, -0.15) is 4.20 Å². The first-order chi connectivity index (χ1) is 5.27. The first kappa shape index (κ1) is 11.0. The van der Waals surface area contributed by atoms with E-state index in [0.717, 1.165) is 0 Å². The highest BCUT2D eigenvalue weighted by Crippen LogP contribution is 2.32. The third-order valence-electron chi connectivity index (χ3n) is 0.947. The lowest BCUT2D eigenvalue weighted by molar-refractivity contribution is 0.124. The van der Waals surface area contributed by atoms with Crippen molar-refractivity contribution < 1.29 is 13.5 Å². The Morgan fingerprint density at radius 1 is 1.45 bits per heavy atom. The van der Waals surface area contributed by atoms with Crippen LogP contribution < -0.4 is 0 Å². The molecule has 0 aromatic carbocycles. The normalized spacial score (nSPS) is 14.1. The van der Waals surface area contributed by atoms with Gasteiger partial charge in [-0.1, -0.05) is 12.2 Å². The van der Waals surface area contributed by atoms with Crippen LogP contribution in [-0.2, 0) is 9.26 Å². The van der Waals surface area contributed by atoms with E-state index in [1.165, 1.54) is 6.66 Å². The van der Waals surface area contributed by atoms with Crippen LogP contribution in [-0.4, -0.2) is 26.5 Å². The van der Waals surface area contributed by atoms with Gasteiger partial charge in [0.2, 0.25) is 8.46 Å². The van der Waals surface area contributed by atoms with Crippen LogP contribution in [0.1, 0.15) is 6.92 Å². The lowest BCUT2D eigenvalue weighted by Gasteiger charge is -2.02. The summed E-state index contributed by atoms with van der Waals surface area (Å²) in [5.41, 5.74) is 0. The Balaban J connectivity index is 2.91. The second-order valence-corrected chi connectivity index (χ2v) is 3.00. The molecule has 0 heterocycles. The van der Waals surface area contributed by atoms with Gasteiger partial charge in [0.05, 0.1) is 19.8 Å². The zero-order chi connectivity index (χ0) is 8.53. The molecule has 0 saturated carbocycles. The van der Waals surface area contributed by atoms with E-state index in [1.807, 2.05) is 19.1 Å². The maximum Gasteiger partial charge on any atom is 0.216 e. The van der Waals surface area contributed by atoms with Gasteiger partial charge in [0.1, 0.15) is 0 Å². The Morgan fingerprint density at radius 3 is 2.73 bits per heavy atom. The molecular weight excluding hydrogens is 166 g/mol. The summed E-state index contributed by atoms with van der Waals surface area (Å²) in [5.74, 6) is 0. The van der Waals surface area contributed by atoms with Gasteiger partial charge < -0.3 is 9.26 Å². The molecule has 0 aromatic rings. The third-order valence-corrected chi connectivity index (χ3v) is 1.48. The van der Waals surface area contributed by atoms with E-state index in [4.69, 9.17) is 4.74 Å². The van der Waals surface area contributed by atoms with Gasteiger partial charge in [0, 0.05) is 6.66 Å². The summed E-state index contributed by atoms with van der Waals surface area (Å²) in [6.07, 6.45) is 3.80. The Hall–Kier alpha value is 0.0200. The van der Waals surface area contributed by atoms with Crippen molar-refractivity contribution in [3.8, 4) is 0 Å². The predicted molar refractivity (Wildman–Crippen MR) is 45.5 cm³/mol. The lowest BCUT2D eigenvalue weighted by atomic mass is 10.5. The van der Waals surface area contributed by atoms with E-state index in [1.54, 1.807) is 0 Å². The zero-order valence-corrected chi connectivity index (χ0v) is 7.81. The molecule has 0 bridgehead atoms. The fraction of sp³-hybridized carbons (Fsp3) is 0.714. The van der Waals surface area contributed by atoms with E-state index < -0.39 is 8.46 Å². The number of hydrogen-bond donors (Lipinski definition) is 0. The molecule has 0 aliphatic carbocycles. The quantitative estimate of drug-likeness (QED) is 0.355. The molecule has 1 atom stereocenters. The minimum absolute atomic E-state index is 0.344. The highest BCUT2D eigenvalue weighted by atomic mass is 31.2. The molecular formula is C7H14FO2P. The topological polar surface area (TPSA) is 18.5 Å². The van der Waals surface area contributed by atoms with Crippen LogP contribution in [0.5, 0.6) is 0 Å². The summed E-state index contributed by atoms with van der Waals surface area (Å²) >= 11 is 0. The summed E-state index contributed by atoms with van der Waals surface area (Å²) in [5, 5.41) is 0. The summed E-state index contributed by atoms with van der Waals surface area (Å²) in [7, 11) is -1.72. The van der Waals surface area contributed by atoms with Crippen LogP contribution in [0.2, 0.25) is 0 Å². The fourth-order valence-corrected chi connectivity index (χ4v) is 0.796. The molecule has 4 heteroatoms. The number of rotatable bonds is 6. The molecule has 0 saturated heterocycles. The van der Waals surface area contributed by atoms with Gasteiger partial charge in [0.15, 0.2) is 0 Å². The molecule has 0 aromatic heterocycles. The number of halogens is 1. The van der Waals surface area contributed by atoms with Gasteiger partial charge in [-0.15, -0.1) is 0 Å². The van der Waals surface area contributed by atoms with Crippen LogP contribution >= 0.6 is 8.46 Å². The van der Waals surface area contributed by atoms with Crippen LogP contribution in [0.3, 0.4) is 0 Å². The maximum absolute atomic E-state index is 12.0. The number of ether oxygens (including phenoxy) is 1. The van der Waals surface area contributed by atoms with Gasteiger partial charge in [0.25, 0.3) is 0 Å². The van der Waals surface area contributed by atoms with Crippen molar-refractivity contribution in [1.29, 1.82) is 0 Å². The molecule has 0 amide bonds. The van der Waals surface area contributed by atoms with Gasteiger partial charge in [-0.25, -0.2) is 0 Å². The largest absolute Gasteiger partial charge is 0.375 e. The Bertz CT molecular complexity index is 107. The SMILES string of the molecule is C/C=C/COCCOP(C)F. The predicted octanol–water partition coefficient (Wildman–Crippen LogP) is 2.51. The first-order valence-corrected chi connectivity index (χ1v) is 5.08. The Kier molecular flexibility index (Phi) is 8.13.